The van der Waals surface area contributed by atoms with Gasteiger partial charge in [-0.2, -0.15) is 0 Å². The van der Waals surface area contributed by atoms with E-state index in [-0.39, 0.29) is 6.61 Å². The molecule has 2 aromatic carbocycles. The van der Waals surface area contributed by atoms with Gasteiger partial charge in [-0.25, -0.2) is 0 Å². The molecule has 0 aliphatic carbocycles. The monoisotopic (exact) mass is 313 g/mol. The summed E-state index contributed by atoms with van der Waals surface area (Å²) in [6.07, 6.45) is 1.09. The first kappa shape index (κ1) is 17.1. The van der Waals surface area contributed by atoms with Crippen LogP contribution in [-0.4, -0.2) is 31.0 Å². The van der Waals surface area contributed by atoms with Crippen LogP contribution in [0.4, 0.5) is 0 Å². The van der Waals surface area contributed by atoms with Crippen molar-refractivity contribution in [3.8, 4) is 11.5 Å². The Labute approximate surface area is 137 Å². The molecule has 0 saturated heterocycles. The molecule has 0 saturated carbocycles. The predicted molar refractivity (Wildman–Crippen MR) is 91.8 cm³/mol. The first-order valence-corrected chi connectivity index (χ1v) is 7.68. The molecule has 0 aliphatic rings. The Bertz CT molecular complexity index is 586. The van der Waals surface area contributed by atoms with Crippen LogP contribution in [-0.2, 0) is 6.54 Å². The van der Waals surface area contributed by atoms with Gasteiger partial charge in [0.05, 0.1) is 0 Å². The van der Waals surface area contributed by atoms with E-state index < -0.39 is 6.10 Å². The van der Waals surface area contributed by atoms with Gasteiger partial charge in [-0.05, 0) is 17.7 Å². The van der Waals surface area contributed by atoms with Gasteiger partial charge >= 0.3 is 0 Å². The summed E-state index contributed by atoms with van der Waals surface area (Å²) in [5.41, 5.74) is 1.18. The first-order valence-electron chi connectivity index (χ1n) is 7.68. The first-order chi connectivity index (χ1) is 11.3. The van der Waals surface area contributed by atoms with Gasteiger partial charge in [0, 0.05) is 13.1 Å². The maximum absolute atomic E-state index is 10.0. The average molecular weight is 313 g/mol. The van der Waals surface area contributed by atoms with Gasteiger partial charge in [-0.15, -0.1) is 0 Å². The summed E-state index contributed by atoms with van der Waals surface area (Å²) in [4.78, 5) is 0. The molecule has 2 N–H and O–H groups in total. The minimum atomic E-state index is -0.592. The molecule has 122 valence electrons. The number of rotatable bonds is 10. The molecule has 0 aliphatic heterocycles. The second kappa shape index (κ2) is 9.66. The maximum Gasteiger partial charge on any atom is 0.161 e. The van der Waals surface area contributed by atoms with Gasteiger partial charge in [0.25, 0.3) is 0 Å². The predicted octanol–water partition coefficient (Wildman–Crippen LogP) is 2.78. The second-order valence-corrected chi connectivity index (χ2v) is 5.13. The van der Waals surface area contributed by atoms with Crippen LogP contribution in [0.5, 0.6) is 11.5 Å². The summed E-state index contributed by atoms with van der Waals surface area (Å²) in [5, 5.41) is 13.2. The van der Waals surface area contributed by atoms with E-state index in [4.69, 9.17) is 9.47 Å². The lowest BCUT2D eigenvalue weighted by Gasteiger charge is -2.15. The average Bonchev–Trinajstić information content (AvgIpc) is 2.60. The fraction of sp³-hybridized carbons (Fsp3) is 0.263. The van der Waals surface area contributed by atoms with E-state index in [9.17, 15) is 5.11 Å². The van der Waals surface area contributed by atoms with Crippen molar-refractivity contribution in [2.45, 2.75) is 12.6 Å². The maximum atomic E-state index is 10.0. The van der Waals surface area contributed by atoms with Crippen LogP contribution < -0.4 is 14.8 Å². The Hall–Kier alpha value is -2.30. The van der Waals surface area contributed by atoms with Crippen LogP contribution in [0.25, 0.3) is 0 Å². The largest absolute Gasteiger partial charge is 0.487 e. The molecule has 0 unspecified atom stereocenters. The number of benzene rings is 2. The molecule has 0 heterocycles. The summed E-state index contributed by atoms with van der Waals surface area (Å²) >= 11 is 0. The molecule has 0 spiro atoms. The third-order valence-electron chi connectivity index (χ3n) is 3.19. The highest BCUT2D eigenvalue weighted by atomic mass is 16.5. The highest BCUT2D eigenvalue weighted by Crippen LogP contribution is 2.26. The van der Waals surface area contributed by atoms with Gasteiger partial charge < -0.3 is 19.9 Å². The van der Waals surface area contributed by atoms with E-state index >= 15 is 0 Å². The Morgan fingerprint density at radius 3 is 2.35 bits per heavy atom. The number of hydrogen-bond donors (Lipinski definition) is 2. The molecule has 0 aromatic heterocycles. The van der Waals surface area contributed by atoms with Crippen molar-refractivity contribution >= 4 is 0 Å². The van der Waals surface area contributed by atoms with E-state index in [2.05, 4.69) is 11.9 Å². The molecular weight excluding hydrogens is 290 g/mol. The SMILES string of the molecule is C=CCOc1ccccc1OC[C@@H](O)CNCc1ccccc1. The lowest BCUT2D eigenvalue weighted by atomic mass is 10.2. The third-order valence-corrected chi connectivity index (χ3v) is 3.19. The zero-order chi connectivity index (χ0) is 16.3. The van der Waals surface area contributed by atoms with E-state index in [1.165, 1.54) is 5.56 Å². The number of aliphatic hydroxyl groups is 1. The minimum Gasteiger partial charge on any atom is -0.487 e. The van der Waals surface area contributed by atoms with E-state index in [0.29, 0.717) is 24.7 Å². The third kappa shape index (κ3) is 6.14. The molecule has 2 aromatic rings. The van der Waals surface area contributed by atoms with Gasteiger partial charge in [-0.3, -0.25) is 0 Å². The zero-order valence-electron chi connectivity index (χ0n) is 13.2. The molecule has 23 heavy (non-hydrogen) atoms. The molecule has 4 heteroatoms. The van der Waals surface area contributed by atoms with Gasteiger partial charge in [0.1, 0.15) is 19.3 Å². The quantitative estimate of drug-likeness (QED) is 0.662. The normalized spacial score (nSPS) is 11.7. The smallest absolute Gasteiger partial charge is 0.161 e. The minimum absolute atomic E-state index is 0.205. The highest BCUT2D eigenvalue weighted by Gasteiger charge is 2.08. The Morgan fingerprint density at radius 1 is 1.00 bits per heavy atom. The summed E-state index contributed by atoms with van der Waals surface area (Å²) in [6.45, 7) is 5.43. The van der Waals surface area contributed by atoms with E-state index in [1.54, 1.807) is 6.08 Å². The summed E-state index contributed by atoms with van der Waals surface area (Å²) in [6, 6.07) is 17.5. The second-order valence-electron chi connectivity index (χ2n) is 5.13. The van der Waals surface area contributed by atoms with Crippen LogP contribution in [0.1, 0.15) is 5.56 Å². The van der Waals surface area contributed by atoms with Crippen LogP contribution >= 0.6 is 0 Å². The van der Waals surface area contributed by atoms with Crippen molar-refractivity contribution in [1.29, 1.82) is 0 Å². The molecule has 0 amide bonds. The molecule has 0 fully saturated rings. The van der Waals surface area contributed by atoms with E-state index in [0.717, 1.165) is 6.54 Å². The molecular formula is C19H23NO3. The van der Waals surface area contributed by atoms with Crippen molar-refractivity contribution in [1.82, 2.24) is 5.32 Å². The van der Waals surface area contributed by atoms with Gasteiger partial charge in [0.2, 0.25) is 0 Å². The van der Waals surface area contributed by atoms with Crippen molar-refractivity contribution in [3.05, 3.63) is 72.8 Å². The Balaban J connectivity index is 1.73. The number of para-hydroxylation sites is 2. The lowest BCUT2D eigenvalue weighted by Crippen LogP contribution is -2.31. The summed E-state index contributed by atoms with van der Waals surface area (Å²) in [7, 11) is 0. The Kier molecular flexibility index (Phi) is 7.17. The van der Waals surface area contributed by atoms with E-state index in [1.807, 2.05) is 54.6 Å². The topological polar surface area (TPSA) is 50.7 Å². The molecule has 2 rings (SSSR count). The number of nitrogens with one attached hydrogen (secondary N) is 1. The Morgan fingerprint density at radius 2 is 1.65 bits per heavy atom. The van der Waals surface area contributed by atoms with Crippen molar-refractivity contribution in [3.63, 3.8) is 0 Å². The highest BCUT2D eigenvalue weighted by molar-refractivity contribution is 5.39. The van der Waals surface area contributed by atoms with Crippen LogP contribution in [0.15, 0.2) is 67.3 Å². The number of aliphatic hydroxyl groups excluding tert-OH is 1. The van der Waals surface area contributed by atoms with Crippen LogP contribution in [0.2, 0.25) is 0 Å². The standard InChI is InChI=1S/C19H23NO3/c1-2-12-22-18-10-6-7-11-19(18)23-15-17(21)14-20-13-16-8-4-3-5-9-16/h2-11,17,20-21H,1,12-15H2/t17-/m0/s1. The molecule has 4 nitrogen and oxygen atoms in total. The van der Waals surface area contributed by atoms with Crippen LogP contribution in [0, 0.1) is 0 Å². The fourth-order valence-electron chi connectivity index (χ4n) is 2.06. The van der Waals surface area contributed by atoms with Gasteiger partial charge in [-0.1, -0.05) is 55.1 Å². The van der Waals surface area contributed by atoms with Gasteiger partial charge in [0.15, 0.2) is 11.5 Å². The lowest BCUT2D eigenvalue weighted by molar-refractivity contribution is 0.104. The van der Waals surface area contributed by atoms with Crippen molar-refractivity contribution < 1.29 is 14.6 Å². The number of hydrogen-bond acceptors (Lipinski definition) is 4. The molecule has 0 bridgehead atoms. The number of ether oxygens (including phenoxy) is 2. The molecule has 0 radical (unpaired) electrons. The zero-order valence-corrected chi connectivity index (χ0v) is 13.2. The summed E-state index contributed by atoms with van der Waals surface area (Å²) in [5.74, 6) is 1.27. The molecule has 1 atom stereocenters. The van der Waals surface area contributed by atoms with Crippen molar-refractivity contribution in [2.24, 2.45) is 0 Å². The fourth-order valence-corrected chi connectivity index (χ4v) is 2.06. The van der Waals surface area contributed by atoms with Crippen LogP contribution in [0.3, 0.4) is 0 Å². The van der Waals surface area contributed by atoms with Crippen molar-refractivity contribution in [2.75, 3.05) is 19.8 Å². The summed E-state index contributed by atoms with van der Waals surface area (Å²) < 4.78 is 11.2.